The molecule has 0 saturated carbocycles. The third-order valence-electron chi connectivity index (χ3n) is 2.05. The molecule has 0 atom stereocenters. The van der Waals surface area contributed by atoms with Crippen LogP contribution in [0.3, 0.4) is 0 Å². The summed E-state index contributed by atoms with van der Waals surface area (Å²) in [5, 5.41) is 2.64. The molecule has 0 amide bonds. The molecule has 0 aliphatic rings. The molecule has 0 bridgehead atoms. The second kappa shape index (κ2) is 5.52. The maximum absolute atomic E-state index is 12.6. The Morgan fingerprint density at radius 3 is 2.59 bits per heavy atom. The van der Waals surface area contributed by atoms with Gasteiger partial charge in [-0.05, 0) is 24.6 Å². The van der Waals surface area contributed by atoms with Crippen LogP contribution in [-0.4, -0.2) is 5.78 Å². The Hall–Kier alpha value is -1.78. The van der Waals surface area contributed by atoms with Crippen LogP contribution in [0.15, 0.2) is 36.5 Å². The molecule has 0 spiro atoms. The first-order valence-corrected chi connectivity index (χ1v) is 4.97. The van der Waals surface area contributed by atoms with Gasteiger partial charge in [0.15, 0.2) is 5.78 Å². The van der Waals surface area contributed by atoms with Crippen molar-refractivity contribution in [1.29, 1.82) is 0 Å². The maximum Gasteiger partial charge on any atom is 0.416 e. The minimum atomic E-state index is -4.36. The fraction of sp³-hybridized carbons (Fsp3) is 0.250. The van der Waals surface area contributed by atoms with Crippen molar-refractivity contribution in [2.75, 3.05) is 0 Å². The molecule has 0 radical (unpaired) electrons. The summed E-state index contributed by atoms with van der Waals surface area (Å²) in [6.07, 6.45) is -1.76. The fourth-order valence-electron chi connectivity index (χ4n) is 1.30. The lowest BCUT2D eigenvalue weighted by atomic mass is 10.1. The van der Waals surface area contributed by atoms with Crippen molar-refractivity contribution < 1.29 is 18.0 Å². The van der Waals surface area contributed by atoms with E-state index in [1.54, 1.807) is 6.07 Å². The summed E-state index contributed by atoms with van der Waals surface area (Å²) >= 11 is 0. The number of benzene rings is 1. The first kappa shape index (κ1) is 13.3. The van der Waals surface area contributed by atoms with E-state index < -0.39 is 11.7 Å². The van der Waals surface area contributed by atoms with E-state index in [0.717, 1.165) is 6.07 Å². The Kier molecular flexibility index (Phi) is 4.31. The Morgan fingerprint density at radius 2 is 2.00 bits per heavy atom. The zero-order valence-electron chi connectivity index (χ0n) is 9.21. The van der Waals surface area contributed by atoms with Gasteiger partial charge in [-0.15, -0.1) is 0 Å². The van der Waals surface area contributed by atoms with Gasteiger partial charge in [0.05, 0.1) is 5.56 Å². The van der Waals surface area contributed by atoms with Crippen molar-refractivity contribution in [2.24, 2.45) is 0 Å². The van der Waals surface area contributed by atoms with Crippen molar-refractivity contribution in [3.63, 3.8) is 0 Å². The third-order valence-corrected chi connectivity index (χ3v) is 2.05. The van der Waals surface area contributed by atoms with Gasteiger partial charge >= 0.3 is 6.18 Å². The lowest BCUT2D eigenvalue weighted by Gasteiger charge is -2.12. The number of alkyl halides is 3. The molecule has 17 heavy (non-hydrogen) atoms. The van der Waals surface area contributed by atoms with E-state index in [-0.39, 0.29) is 17.9 Å². The molecule has 92 valence electrons. The highest BCUT2D eigenvalue weighted by Gasteiger charge is 2.32. The quantitative estimate of drug-likeness (QED) is 0.824. The first-order chi connectivity index (χ1) is 7.91. The summed E-state index contributed by atoms with van der Waals surface area (Å²) in [6.45, 7) is 1.39. The van der Waals surface area contributed by atoms with Crippen LogP contribution >= 0.6 is 0 Å². The number of halogens is 3. The molecule has 2 nitrogen and oxygen atoms in total. The third kappa shape index (κ3) is 4.30. The number of ketones is 1. The number of carbonyl (C=O) groups excluding carboxylic acids is 1. The number of carbonyl (C=O) groups is 1. The van der Waals surface area contributed by atoms with Crippen molar-refractivity contribution in [3.05, 3.63) is 47.7 Å². The molecule has 0 aliphatic heterocycles. The maximum atomic E-state index is 12.6. The number of hydrogen-bond donors (Lipinski definition) is 1. The summed E-state index contributed by atoms with van der Waals surface area (Å²) in [7, 11) is 0. The number of nitrogens with one attached hydrogen (secondary N) is 1. The van der Waals surface area contributed by atoms with Crippen LogP contribution in [0.25, 0.3) is 0 Å². The number of hydrogen-bond acceptors (Lipinski definition) is 2. The van der Waals surface area contributed by atoms with Crippen LogP contribution in [0.1, 0.15) is 18.1 Å². The molecule has 5 heteroatoms. The Morgan fingerprint density at radius 1 is 1.35 bits per heavy atom. The summed E-state index contributed by atoms with van der Waals surface area (Å²) in [4.78, 5) is 10.6. The fourth-order valence-corrected chi connectivity index (χ4v) is 1.30. The average Bonchev–Trinajstić information content (AvgIpc) is 2.23. The summed E-state index contributed by atoms with van der Waals surface area (Å²) < 4.78 is 37.8. The van der Waals surface area contributed by atoms with Crippen LogP contribution in [-0.2, 0) is 17.5 Å². The summed E-state index contributed by atoms with van der Waals surface area (Å²) in [5.41, 5.74) is -0.517. The number of rotatable bonds is 4. The molecular weight excluding hydrogens is 231 g/mol. The zero-order valence-corrected chi connectivity index (χ0v) is 9.21. The highest BCUT2D eigenvalue weighted by atomic mass is 19.4. The van der Waals surface area contributed by atoms with E-state index in [1.807, 2.05) is 0 Å². The van der Waals surface area contributed by atoms with Crippen molar-refractivity contribution in [2.45, 2.75) is 19.6 Å². The van der Waals surface area contributed by atoms with Gasteiger partial charge in [-0.25, -0.2) is 0 Å². The van der Waals surface area contributed by atoms with Gasteiger partial charge in [0.1, 0.15) is 0 Å². The summed E-state index contributed by atoms with van der Waals surface area (Å²) in [6, 6.07) is 5.32. The van der Waals surface area contributed by atoms with E-state index in [1.165, 1.54) is 31.3 Å². The predicted molar refractivity (Wildman–Crippen MR) is 58.1 cm³/mol. The Labute approximate surface area is 97.1 Å². The minimum absolute atomic E-state index is 0.0272. The molecular formula is C12H12F3NO. The van der Waals surface area contributed by atoms with E-state index in [4.69, 9.17) is 0 Å². The topological polar surface area (TPSA) is 29.1 Å². The standard InChI is InChI=1S/C12H12F3NO/c1-9(17)6-7-16-8-10-4-2-3-5-11(10)12(13,14)15/h2-7,16H,8H2,1H3/b7-6+. The van der Waals surface area contributed by atoms with Crippen LogP contribution in [0.5, 0.6) is 0 Å². The second-order valence-corrected chi connectivity index (χ2v) is 3.48. The zero-order chi connectivity index (χ0) is 12.9. The van der Waals surface area contributed by atoms with Crippen LogP contribution < -0.4 is 5.32 Å². The van der Waals surface area contributed by atoms with Crippen molar-refractivity contribution >= 4 is 5.78 Å². The van der Waals surface area contributed by atoms with Crippen LogP contribution in [0.4, 0.5) is 13.2 Å². The average molecular weight is 243 g/mol. The van der Waals surface area contributed by atoms with Crippen LogP contribution in [0.2, 0.25) is 0 Å². The lowest BCUT2D eigenvalue weighted by molar-refractivity contribution is -0.138. The van der Waals surface area contributed by atoms with E-state index in [9.17, 15) is 18.0 Å². The molecule has 1 rings (SSSR count). The van der Waals surface area contributed by atoms with Crippen molar-refractivity contribution in [3.8, 4) is 0 Å². The first-order valence-electron chi connectivity index (χ1n) is 4.97. The van der Waals surface area contributed by atoms with Gasteiger partial charge in [0, 0.05) is 12.7 Å². The minimum Gasteiger partial charge on any atom is -0.387 e. The van der Waals surface area contributed by atoms with Crippen molar-refractivity contribution in [1.82, 2.24) is 5.32 Å². The molecule has 0 fully saturated rings. The molecule has 0 aliphatic carbocycles. The van der Waals surface area contributed by atoms with Gasteiger partial charge in [0.25, 0.3) is 0 Å². The monoisotopic (exact) mass is 243 g/mol. The normalized spacial score (nSPS) is 11.8. The Balaban J connectivity index is 2.75. The number of allylic oxidation sites excluding steroid dienone is 1. The smallest absolute Gasteiger partial charge is 0.387 e. The molecule has 0 heterocycles. The van der Waals surface area contributed by atoms with Gasteiger partial charge in [-0.2, -0.15) is 13.2 Å². The molecule has 0 unspecified atom stereocenters. The van der Waals surface area contributed by atoms with Crippen LogP contribution in [0, 0.1) is 0 Å². The lowest BCUT2D eigenvalue weighted by Crippen LogP contribution is -2.13. The highest BCUT2D eigenvalue weighted by molar-refractivity contribution is 5.87. The second-order valence-electron chi connectivity index (χ2n) is 3.48. The summed E-state index contributed by atoms with van der Waals surface area (Å²) in [5.74, 6) is -0.165. The SMILES string of the molecule is CC(=O)/C=C/NCc1ccccc1C(F)(F)F. The van der Waals surface area contributed by atoms with E-state index >= 15 is 0 Å². The highest BCUT2D eigenvalue weighted by Crippen LogP contribution is 2.31. The predicted octanol–water partition coefficient (Wildman–Crippen LogP) is 2.90. The molecule has 0 aromatic heterocycles. The van der Waals surface area contributed by atoms with Gasteiger partial charge in [-0.3, -0.25) is 4.79 Å². The molecule has 0 saturated heterocycles. The molecule has 1 aromatic rings. The van der Waals surface area contributed by atoms with E-state index in [2.05, 4.69) is 5.32 Å². The van der Waals surface area contributed by atoms with Gasteiger partial charge < -0.3 is 5.32 Å². The largest absolute Gasteiger partial charge is 0.416 e. The Bertz CT molecular complexity index is 424. The van der Waals surface area contributed by atoms with Gasteiger partial charge in [-0.1, -0.05) is 18.2 Å². The van der Waals surface area contributed by atoms with Gasteiger partial charge in [0.2, 0.25) is 0 Å². The van der Waals surface area contributed by atoms with E-state index in [0.29, 0.717) is 0 Å². The molecule has 1 N–H and O–H groups in total. The molecule has 1 aromatic carbocycles.